The van der Waals surface area contributed by atoms with Gasteiger partial charge in [0.15, 0.2) is 0 Å². The van der Waals surface area contributed by atoms with Crippen molar-refractivity contribution >= 4 is 0 Å². The summed E-state index contributed by atoms with van der Waals surface area (Å²) in [4.78, 5) is 0. The maximum atomic E-state index is 5.66. The SMILES string of the molecule is CCNC(c1ccccc1OCC)C(C)OC. The van der Waals surface area contributed by atoms with Crippen molar-refractivity contribution in [3.05, 3.63) is 29.8 Å². The molecule has 0 saturated carbocycles. The lowest BCUT2D eigenvalue weighted by atomic mass is 10.0. The zero-order valence-corrected chi connectivity index (χ0v) is 11.2. The van der Waals surface area contributed by atoms with Gasteiger partial charge in [-0.25, -0.2) is 0 Å². The van der Waals surface area contributed by atoms with Crippen LogP contribution in [0.4, 0.5) is 0 Å². The normalized spacial score (nSPS) is 14.4. The molecule has 0 spiro atoms. The summed E-state index contributed by atoms with van der Waals surface area (Å²) in [6.07, 6.45) is 0.108. The van der Waals surface area contributed by atoms with Crippen LogP contribution in [0.5, 0.6) is 5.75 Å². The molecule has 0 aliphatic heterocycles. The second-order valence-electron chi connectivity index (χ2n) is 3.95. The van der Waals surface area contributed by atoms with Crippen LogP contribution in [0.1, 0.15) is 32.4 Å². The van der Waals surface area contributed by atoms with Gasteiger partial charge in [-0.2, -0.15) is 0 Å². The van der Waals surface area contributed by atoms with Gasteiger partial charge in [-0.15, -0.1) is 0 Å². The molecule has 3 nitrogen and oxygen atoms in total. The molecule has 0 amide bonds. The molecule has 1 rings (SSSR count). The van der Waals surface area contributed by atoms with Crippen molar-refractivity contribution in [2.45, 2.75) is 32.9 Å². The molecule has 3 heteroatoms. The maximum absolute atomic E-state index is 5.66. The zero-order valence-electron chi connectivity index (χ0n) is 11.2. The zero-order chi connectivity index (χ0) is 12.7. The summed E-state index contributed by atoms with van der Waals surface area (Å²) in [7, 11) is 1.73. The molecule has 0 heterocycles. The number of rotatable bonds is 7. The van der Waals surface area contributed by atoms with E-state index in [1.165, 1.54) is 0 Å². The Bertz CT molecular complexity index is 328. The van der Waals surface area contributed by atoms with Crippen molar-refractivity contribution in [1.82, 2.24) is 5.32 Å². The third kappa shape index (κ3) is 3.72. The third-order valence-electron chi connectivity index (χ3n) is 2.82. The highest BCUT2D eigenvalue weighted by molar-refractivity contribution is 5.36. The fraction of sp³-hybridized carbons (Fsp3) is 0.571. The van der Waals surface area contributed by atoms with Crippen molar-refractivity contribution < 1.29 is 9.47 Å². The highest BCUT2D eigenvalue weighted by atomic mass is 16.5. The van der Waals surface area contributed by atoms with E-state index in [4.69, 9.17) is 9.47 Å². The number of nitrogens with one attached hydrogen (secondary N) is 1. The summed E-state index contributed by atoms with van der Waals surface area (Å²) in [5.74, 6) is 0.935. The van der Waals surface area contributed by atoms with Crippen LogP contribution in [-0.2, 0) is 4.74 Å². The monoisotopic (exact) mass is 237 g/mol. The molecule has 2 atom stereocenters. The number of likely N-dealkylation sites (N-methyl/N-ethyl adjacent to an activating group) is 1. The Hall–Kier alpha value is -1.06. The summed E-state index contributed by atoms with van der Waals surface area (Å²) < 4.78 is 11.1. The molecule has 0 aliphatic rings. The minimum Gasteiger partial charge on any atom is -0.494 e. The van der Waals surface area contributed by atoms with Crippen LogP contribution in [0.25, 0.3) is 0 Å². The first-order valence-corrected chi connectivity index (χ1v) is 6.22. The van der Waals surface area contributed by atoms with E-state index < -0.39 is 0 Å². The van der Waals surface area contributed by atoms with E-state index in [-0.39, 0.29) is 12.1 Å². The third-order valence-corrected chi connectivity index (χ3v) is 2.82. The average Bonchev–Trinajstić information content (AvgIpc) is 2.36. The van der Waals surface area contributed by atoms with Crippen molar-refractivity contribution in [1.29, 1.82) is 0 Å². The number of para-hydroxylation sites is 1. The molecule has 0 radical (unpaired) electrons. The lowest BCUT2D eigenvalue weighted by molar-refractivity contribution is 0.0824. The molecule has 0 bridgehead atoms. The van der Waals surface area contributed by atoms with Gasteiger partial charge in [-0.1, -0.05) is 25.1 Å². The molecule has 0 aromatic heterocycles. The average molecular weight is 237 g/mol. The fourth-order valence-electron chi connectivity index (χ4n) is 1.91. The first-order chi connectivity index (χ1) is 8.24. The van der Waals surface area contributed by atoms with E-state index in [9.17, 15) is 0 Å². The Labute approximate surface area is 104 Å². The van der Waals surface area contributed by atoms with Crippen molar-refractivity contribution in [3.8, 4) is 5.75 Å². The molecule has 1 aromatic rings. The molecule has 0 fully saturated rings. The van der Waals surface area contributed by atoms with Gasteiger partial charge in [-0.3, -0.25) is 0 Å². The summed E-state index contributed by atoms with van der Waals surface area (Å²) >= 11 is 0. The van der Waals surface area contributed by atoms with Crippen LogP contribution in [-0.4, -0.2) is 26.4 Å². The van der Waals surface area contributed by atoms with Gasteiger partial charge >= 0.3 is 0 Å². The van der Waals surface area contributed by atoms with Crippen LogP contribution in [0.3, 0.4) is 0 Å². The van der Waals surface area contributed by atoms with E-state index in [0.717, 1.165) is 17.9 Å². The van der Waals surface area contributed by atoms with Crippen LogP contribution >= 0.6 is 0 Å². The van der Waals surface area contributed by atoms with E-state index in [0.29, 0.717) is 6.61 Å². The number of hydrogen-bond donors (Lipinski definition) is 1. The summed E-state index contributed by atoms with van der Waals surface area (Å²) in [6.45, 7) is 7.74. The Kier molecular flexibility index (Phi) is 6.01. The van der Waals surface area contributed by atoms with Crippen molar-refractivity contribution in [2.75, 3.05) is 20.3 Å². The fourth-order valence-corrected chi connectivity index (χ4v) is 1.91. The molecule has 1 aromatic carbocycles. The number of benzene rings is 1. The Morgan fingerprint density at radius 3 is 2.53 bits per heavy atom. The Balaban J connectivity index is 2.99. The molecule has 96 valence electrons. The van der Waals surface area contributed by atoms with Gasteiger partial charge in [0, 0.05) is 12.7 Å². The lowest BCUT2D eigenvalue weighted by Gasteiger charge is -2.25. The quantitative estimate of drug-likeness (QED) is 0.791. The van der Waals surface area contributed by atoms with Crippen LogP contribution in [0, 0.1) is 0 Å². The van der Waals surface area contributed by atoms with Gasteiger partial charge in [-0.05, 0) is 26.5 Å². The molecule has 17 heavy (non-hydrogen) atoms. The van der Waals surface area contributed by atoms with Crippen LogP contribution in [0.15, 0.2) is 24.3 Å². The molecule has 0 saturated heterocycles. The molecule has 0 aliphatic carbocycles. The molecule has 1 N–H and O–H groups in total. The predicted molar refractivity (Wildman–Crippen MR) is 70.5 cm³/mol. The number of hydrogen-bond acceptors (Lipinski definition) is 3. The Morgan fingerprint density at radius 2 is 1.94 bits per heavy atom. The summed E-state index contributed by atoms with van der Waals surface area (Å²) in [5.41, 5.74) is 1.16. The predicted octanol–water partition coefficient (Wildman–Crippen LogP) is 2.77. The standard InChI is InChI=1S/C14H23NO2/c1-5-15-14(11(3)16-4)12-9-7-8-10-13(12)17-6-2/h7-11,14-15H,5-6H2,1-4H3. The second-order valence-corrected chi connectivity index (χ2v) is 3.95. The minimum absolute atomic E-state index is 0.108. The van der Waals surface area contributed by atoms with Gasteiger partial charge < -0.3 is 14.8 Å². The van der Waals surface area contributed by atoms with E-state index >= 15 is 0 Å². The largest absolute Gasteiger partial charge is 0.494 e. The van der Waals surface area contributed by atoms with E-state index in [1.807, 2.05) is 25.1 Å². The highest BCUT2D eigenvalue weighted by Gasteiger charge is 2.21. The minimum atomic E-state index is 0.108. The Morgan fingerprint density at radius 1 is 1.24 bits per heavy atom. The number of ether oxygens (including phenoxy) is 2. The van der Waals surface area contributed by atoms with Gasteiger partial charge in [0.25, 0.3) is 0 Å². The van der Waals surface area contributed by atoms with Crippen molar-refractivity contribution in [2.24, 2.45) is 0 Å². The molecular weight excluding hydrogens is 214 g/mol. The van der Waals surface area contributed by atoms with Gasteiger partial charge in [0.1, 0.15) is 5.75 Å². The number of methoxy groups -OCH3 is 1. The lowest BCUT2D eigenvalue weighted by Crippen LogP contribution is -2.31. The van der Waals surface area contributed by atoms with E-state index in [2.05, 4.69) is 25.2 Å². The highest BCUT2D eigenvalue weighted by Crippen LogP contribution is 2.28. The molecule has 2 unspecified atom stereocenters. The van der Waals surface area contributed by atoms with Gasteiger partial charge in [0.2, 0.25) is 0 Å². The summed E-state index contributed by atoms with van der Waals surface area (Å²) in [5, 5.41) is 3.44. The van der Waals surface area contributed by atoms with E-state index in [1.54, 1.807) is 7.11 Å². The van der Waals surface area contributed by atoms with Crippen LogP contribution in [0.2, 0.25) is 0 Å². The second kappa shape index (κ2) is 7.30. The maximum Gasteiger partial charge on any atom is 0.124 e. The molecular formula is C14H23NO2. The van der Waals surface area contributed by atoms with Crippen LogP contribution < -0.4 is 10.1 Å². The van der Waals surface area contributed by atoms with Gasteiger partial charge in [0.05, 0.1) is 18.8 Å². The first-order valence-electron chi connectivity index (χ1n) is 6.22. The first kappa shape index (κ1) is 14.0. The topological polar surface area (TPSA) is 30.5 Å². The van der Waals surface area contributed by atoms with Crippen molar-refractivity contribution in [3.63, 3.8) is 0 Å². The smallest absolute Gasteiger partial charge is 0.124 e. The summed E-state index contributed by atoms with van der Waals surface area (Å²) in [6, 6.07) is 8.28.